The van der Waals surface area contributed by atoms with Crippen molar-refractivity contribution in [1.82, 2.24) is 15.3 Å². The molecule has 0 aliphatic rings. The van der Waals surface area contributed by atoms with Crippen LogP contribution in [0.4, 0.5) is 5.82 Å². The molecule has 0 radical (unpaired) electrons. The third kappa shape index (κ3) is 4.41. The number of rotatable bonds is 6. The van der Waals surface area contributed by atoms with Crippen molar-refractivity contribution < 1.29 is 4.79 Å². The first kappa shape index (κ1) is 15.2. The van der Waals surface area contributed by atoms with Crippen LogP contribution < -0.4 is 10.6 Å². The zero-order chi connectivity index (χ0) is 15.2. The number of hydrogen-bond acceptors (Lipinski definition) is 4. The lowest BCUT2D eigenvalue weighted by Gasteiger charge is -2.10. The molecule has 5 heteroatoms. The third-order valence-electron chi connectivity index (χ3n) is 3.10. The Labute approximate surface area is 125 Å². The van der Waals surface area contributed by atoms with E-state index in [1.165, 1.54) is 0 Å². The third-order valence-corrected chi connectivity index (χ3v) is 3.10. The average Bonchev–Trinajstić information content (AvgIpc) is 2.45. The number of aryl methyl sites for hydroxylation is 1. The number of anilines is 1. The van der Waals surface area contributed by atoms with E-state index in [0.717, 1.165) is 22.5 Å². The van der Waals surface area contributed by atoms with Gasteiger partial charge in [-0.1, -0.05) is 26.0 Å². The molecule has 0 fully saturated rings. The van der Waals surface area contributed by atoms with E-state index < -0.39 is 0 Å². The molecule has 1 aromatic heterocycles. The summed E-state index contributed by atoms with van der Waals surface area (Å²) in [5, 5.41) is 6.09. The second-order valence-electron chi connectivity index (χ2n) is 5.52. The molecule has 0 atom stereocenters. The highest BCUT2D eigenvalue weighted by Gasteiger charge is 2.06. The lowest BCUT2D eigenvalue weighted by molar-refractivity contribution is -0.120. The van der Waals surface area contributed by atoms with Gasteiger partial charge in [-0.25, -0.2) is 9.97 Å². The van der Waals surface area contributed by atoms with Gasteiger partial charge in [0, 0.05) is 19.5 Å². The van der Waals surface area contributed by atoms with E-state index in [2.05, 4.69) is 34.4 Å². The molecular formula is C16H22N4O. The van der Waals surface area contributed by atoms with E-state index in [1.807, 2.05) is 31.2 Å². The van der Waals surface area contributed by atoms with Gasteiger partial charge in [0.1, 0.15) is 5.82 Å². The van der Waals surface area contributed by atoms with Crippen LogP contribution in [0.1, 0.15) is 26.0 Å². The summed E-state index contributed by atoms with van der Waals surface area (Å²) in [5.74, 6) is 1.27. The molecule has 1 heterocycles. The van der Waals surface area contributed by atoms with Crippen LogP contribution in [0.5, 0.6) is 0 Å². The number of carbonyl (C=O) groups is 1. The van der Waals surface area contributed by atoms with Crippen LogP contribution in [0.15, 0.2) is 24.3 Å². The zero-order valence-electron chi connectivity index (χ0n) is 12.8. The molecule has 2 N–H and O–H groups in total. The van der Waals surface area contributed by atoms with Crippen LogP contribution in [0.3, 0.4) is 0 Å². The van der Waals surface area contributed by atoms with Gasteiger partial charge in [-0.15, -0.1) is 0 Å². The molecule has 0 saturated heterocycles. The van der Waals surface area contributed by atoms with Crippen molar-refractivity contribution in [3.05, 3.63) is 30.0 Å². The largest absolute Gasteiger partial charge is 0.368 e. The SMILES string of the molecule is Cc1nc2ccccc2nc1NCCC(=O)NCC(C)C. The summed E-state index contributed by atoms with van der Waals surface area (Å²) in [6.45, 7) is 7.34. The van der Waals surface area contributed by atoms with Gasteiger partial charge in [0.25, 0.3) is 0 Å². The molecule has 0 aliphatic heterocycles. The molecule has 0 aliphatic carbocycles. The smallest absolute Gasteiger partial charge is 0.221 e. The summed E-state index contributed by atoms with van der Waals surface area (Å²) in [6.07, 6.45) is 0.431. The molecule has 2 rings (SSSR count). The predicted octanol–water partition coefficient (Wildman–Crippen LogP) is 2.51. The van der Waals surface area contributed by atoms with Crippen LogP contribution in [0.2, 0.25) is 0 Å². The Balaban J connectivity index is 1.91. The van der Waals surface area contributed by atoms with Crippen molar-refractivity contribution in [3.63, 3.8) is 0 Å². The number of amides is 1. The number of hydrogen-bond donors (Lipinski definition) is 2. The minimum Gasteiger partial charge on any atom is -0.368 e. The Hall–Kier alpha value is -2.17. The van der Waals surface area contributed by atoms with Crippen LogP contribution in [-0.2, 0) is 4.79 Å². The van der Waals surface area contributed by atoms with Crippen molar-refractivity contribution in [2.45, 2.75) is 27.2 Å². The van der Waals surface area contributed by atoms with Gasteiger partial charge >= 0.3 is 0 Å². The molecule has 1 amide bonds. The first-order chi connectivity index (χ1) is 10.1. The van der Waals surface area contributed by atoms with Gasteiger partial charge in [0.2, 0.25) is 5.91 Å². The Kier molecular flexibility index (Phi) is 5.09. The van der Waals surface area contributed by atoms with E-state index in [4.69, 9.17) is 0 Å². The Morgan fingerprint density at radius 1 is 1.19 bits per heavy atom. The normalized spacial score (nSPS) is 10.9. The molecular weight excluding hydrogens is 264 g/mol. The summed E-state index contributed by atoms with van der Waals surface area (Å²) in [4.78, 5) is 20.7. The highest BCUT2D eigenvalue weighted by molar-refractivity contribution is 5.77. The summed E-state index contributed by atoms with van der Waals surface area (Å²) < 4.78 is 0. The number of aromatic nitrogens is 2. The van der Waals surface area contributed by atoms with Gasteiger partial charge in [-0.3, -0.25) is 4.79 Å². The topological polar surface area (TPSA) is 66.9 Å². The quantitative estimate of drug-likeness (QED) is 0.856. The summed E-state index contributed by atoms with van der Waals surface area (Å²) in [5.41, 5.74) is 2.58. The second-order valence-corrected chi connectivity index (χ2v) is 5.52. The van der Waals surface area contributed by atoms with E-state index >= 15 is 0 Å². The minimum absolute atomic E-state index is 0.0580. The summed E-state index contributed by atoms with van der Waals surface area (Å²) in [6, 6.07) is 7.76. The number of carbonyl (C=O) groups excluding carboxylic acids is 1. The highest BCUT2D eigenvalue weighted by Crippen LogP contribution is 2.15. The highest BCUT2D eigenvalue weighted by atomic mass is 16.1. The van der Waals surface area contributed by atoms with Gasteiger partial charge in [-0.2, -0.15) is 0 Å². The number of nitrogens with zero attached hydrogens (tertiary/aromatic N) is 2. The van der Waals surface area contributed by atoms with E-state index in [9.17, 15) is 4.79 Å². The fourth-order valence-electron chi connectivity index (χ4n) is 1.96. The Morgan fingerprint density at radius 2 is 1.86 bits per heavy atom. The van der Waals surface area contributed by atoms with Gasteiger partial charge in [0.15, 0.2) is 0 Å². The Bertz CT molecular complexity index is 625. The zero-order valence-corrected chi connectivity index (χ0v) is 12.8. The number of para-hydroxylation sites is 2. The maximum Gasteiger partial charge on any atom is 0.221 e. The summed E-state index contributed by atoms with van der Waals surface area (Å²) >= 11 is 0. The van der Waals surface area contributed by atoms with Gasteiger partial charge in [-0.05, 0) is 25.0 Å². The monoisotopic (exact) mass is 286 g/mol. The van der Waals surface area contributed by atoms with Crippen LogP contribution >= 0.6 is 0 Å². The fourth-order valence-corrected chi connectivity index (χ4v) is 1.96. The average molecular weight is 286 g/mol. The number of fused-ring (bicyclic) bond motifs is 1. The predicted molar refractivity (Wildman–Crippen MR) is 85.2 cm³/mol. The van der Waals surface area contributed by atoms with Crippen molar-refractivity contribution in [2.24, 2.45) is 5.92 Å². The lowest BCUT2D eigenvalue weighted by Crippen LogP contribution is -2.28. The maximum absolute atomic E-state index is 11.6. The van der Waals surface area contributed by atoms with Crippen LogP contribution in [-0.4, -0.2) is 29.0 Å². The van der Waals surface area contributed by atoms with Crippen LogP contribution in [0.25, 0.3) is 11.0 Å². The Morgan fingerprint density at radius 3 is 2.52 bits per heavy atom. The molecule has 0 saturated carbocycles. The molecule has 0 bridgehead atoms. The number of nitrogens with one attached hydrogen (secondary N) is 2. The van der Waals surface area contributed by atoms with E-state index in [1.54, 1.807) is 0 Å². The standard InChI is InChI=1S/C16H22N4O/c1-11(2)10-18-15(21)8-9-17-16-12(3)19-13-6-4-5-7-14(13)20-16/h4-7,11H,8-10H2,1-3H3,(H,17,20)(H,18,21). The first-order valence-corrected chi connectivity index (χ1v) is 7.30. The maximum atomic E-state index is 11.6. The minimum atomic E-state index is 0.0580. The fraction of sp³-hybridized carbons (Fsp3) is 0.438. The van der Waals surface area contributed by atoms with E-state index in [0.29, 0.717) is 25.4 Å². The molecule has 5 nitrogen and oxygen atoms in total. The van der Waals surface area contributed by atoms with Gasteiger partial charge in [0.05, 0.1) is 16.7 Å². The summed E-state index contributed by atoms with van der Waals surface area (Å²) in [7, 11) is 0. The van der Waals surface area contributed by atoms with Crippen molar-refractivity contribution in [3.8, 4) is 0 Å². The molecule has 0 unspecified atom stereocenters. The van der Waals surface area contributed by atoms with Crippen molar-refractivity contribution in [1.29, 1.82) is 0 Å². The van der Waals surface area contributed by atoms with E-state index in [-0.39, 0.29) is 5.91 Å². The first-order valence-electron chi connectivity index (χ1n) is 7.30. The van der Waals surface area contributed by atoms with Crippen molar-refractivity contribution in [2.75, 3.05) is 18.4 Å². The molecule has 2 aromatic rings. The molecule has 0 spiro atoms. The van der Waals surface area contributed by atoms with Crippen LogP contribution in [0, 0.1) is 12.8 Å². The number of benzene rings is 1. The molecule has 21 heavy (non-hydrogen) atoms. The van der Waals surface area contributed by atoms with Crippen molar-refractivity contribution >= 4 is 22.8 Å². The lowest BCUT2D eigenvalue weighted by atomic mass is 10.2. The molecule has 112 valence electrons. The second kappa shape index (κ2) is 7.02. The van der Waals surface area contributed by atoms with Gasteiger partial charge < -0.3 is 10.6 Å². The molecule has 1 aromatic carbocycles.